The van der Waals surface area contributed by atoms with Gasteiger partial charge >= 0.3 is 0 Å². The zero-order valence-corrected chi connectivity index (χ0v) is 13.4. The number of piperidine rings is 1. The first-order valence-electron chi connectivity index (χ1n) is 7.26. The van der Waals surface area contributed by atoms with Gasteiger partial charge < -0.3 is 10.1 Å². The van der Waals surface area contributed by atoms with E-state index in [0.717, 1.165) is 30.2 Å². The number of ether oxygens (including phenoxy) is 1. The number of hydrogen-bond acceptors (Lipinski definition) is 4. The number of nitrogens with zero attached hydrogens (tertiary/aromatic N) is 1. The third-order valence-electron chi connectivity index (χ3n) is 4.20. The van der Waals surface area contributed by atoms with Crippen molar-refractivity contribution in [2.75, 3.05) is 13.1 Å². The molecule has 3 unspecified atom stereocenters. The minimum atomic E-state index is -1.30. The van der Waals surface area contributed by atoms with E-state index in [9.17, 15) is 4.21 Å². The predicted molar refractivity (Wildman–Crippen MR) is 85.0 cm³/mol. The van der Waals surface area contributed by atoms with E-state index in [-0.39, 0.29) is 6.10 Å². The van der Waals surface area contributed by atoms with E-state index in [2.05, 4.69) is 16.4 Å². The fraction of sp³-hybridized carbons (Fsp3) is 0.312. The maximum atomic E-state index is 12.7. The molecule has 0 bridgehead atoms. The lowest BCUT2D eigenvalue weighted by Crippen LogP contribution is -2.39. The molecule has 4 rings (SSSR count). The summed E-state index contributed by atoms with van der Waals surface area (Å²) in [5.41, 5.74) is 1.23. The molecule has 1 aromatic heterocycles. The fourth-order valence-electron chi connectivity index (χ4n) is 3.14. The molecule has 2 aromatic rings. The van der Waals surface area contributed by atoms with Crippen LogP contribution in [-0.4, -0.2) is 28.4 Å². The van der Waals surface area contributed by atoms with Crippen molar-refractivity contribution in [3.05, 3.63) is 47.2 Å². The van der Waals surface area contributed by atoms with Gasteiger partial charge in [0.15, 0.2) is 0 Å². The van der Waals surface area contributed by atoms with Crippen LogP contribution in [0.5, 0.6) is 5.75 Å². The van der Waals surface area contributed by atoms with Crippen LogP contribution >= 0.6 is 11.6 Å². The van der Waals surface area contributed by atoms with Gasteiger partial charge in [0.1, 0.15) is 11.9 Å². The van der Waals surface area contributed by atoms with Crippen LogP contribution in [0.3, 0.4) is 0 Å². The van der Waals surface area contributed by atoms with Crippen LogP contribution in [0.25, 0.3) is 0 Å². The van der Waals surface area contributed by atoms with Crippen LogP contribution in [0.15, 0.2) is 46.5 Å². The van der Waals surface area contributed by atoms with Crippen molar-refractivity contribution in [2.24, 2.45) is 0 Å². The van der Waals surface area contributed by atoms with Crippen LogP contribution in [0.1, 0.15) is 17.9 Å². The van der Waals surface area contributed by atoms with E-state index >= 15 is 0 Å². The number of halogens is 1. The second-order valence-electron chi connectivity index (χ2n) is 5.56. The van der Waals surface area contributed by atoms with Crippen LogP contribution in [0.4, 0.5) is 0 Å². The monoisotopic (exact) mass is 334 g/mol. The predicted octanol–water partition coefficient (Wildman–Crippen LogP) is 2.74. The summed E-state index contributed by atoms with van der Waals surface area (Å²) in [6.45, 7) is 1.89. The zero-order valence-electron chi connectivity index (χ0n) is 11.8. The number of aromatic nitrogens is 1. The molecule has 0 amide bonds. The zero-order chi connectivity index (χ0) is 15.1. The maximum Gasteiger partial charge on any atom is 0.124 e. The third kappa shape index (κ3) is 2.43. The second-order valence-corrected chi connectivity index (χ2v) is 7.48. The highest BCUT2D eigenvalue weighted by Crippen LogP contribution is 2.42. The number of hydrogen-bond donors (Lipinski definition) is 1. The largest absolute Gasteiger partial charge is 0.488 e. The van der Waals surface area contributed by atoms with E-state index in [1.54, 1.807) is 12.3 Å². The fourth-order valence-corrected chi connectivity index (χ4v) is 4.45. The first-order valence-corrected chi connectivity index (χ1v) is 8.79. The molecule has 22 heavy (non-hydrogen) atoms. The van der Waals surface area contributed by atoms with Crippen LogP contribution in [0.2, 0.25) is 5.02 Å². The van der Waals surface area contributed by atoms with E-state index in [0.29, 0.717) is 15.8 Å². The highest BCUT2D eigenvalue weighted by Gasteiger charge is 2.36. The van der Waals surface area contributed by atoms with Crippen molar-refractivity contribution in [1.29, 1.82) is 0 Å². The molecule has 4 nitrogen and oxygen atoms in total. The first-order chi connectivity index (χ1) is 10.7. The molecule has 1 fully saturated rings. The Hall–Kier alpha value is -1.43. The Kier molecular flexibility index (Phi) is 3.64. The van der Waals surface area contributed by atoms with Gasteiger partial charge in [-0.05, 0) is 31.2 Å². The Morgan fingerprint density at radius 1 is 1.27 bits per heavy atom. The van der Waals surface area contributed by atoms with Crippen LogP contribution < -0.4 is 10.1 Å². The highest BCUT2D eigenvalue weighted by molar-refractivity contribution is 7.85. The molecule has 3 atom stereocenters. The molecule has 6 heteroatoms. The molecular weight excluding hydrogens is 320 g/mol. The van der Waals surface area contributed by atoms with Gasteiger partial charge in [-0.1, -0.05) is 17.7 Å². The van der Waals surface area contributed by atoms with Gasteiger partial charge in [0.2, 0.25) is 0 Å². The summed E-state index contributed by atoms with van der Waals surface area (Å²) in [5, 5.41) is 3.84. The van der Waals surface area contributed by atoms with Gasteiger partial charge in [-0.25, -0.2) is 4.21 Å². The summed E-state index contributed by atoms with van der Waals surface area (Å²) in [5.74, 6) is 1.31. The summed E-state index contributed by atoms with van der Waals surface area (Å²) in [4.78, 5) is 5.32. The van der Waals surface area contributed by atoms with Crippen molar-refractivity contribution in [3.63, 3.8) is 0 Å². The summed E-state index contributed by atoms with van der Waals surface area (Å²) in [7, 11) is -1.30. The van der Waals surface area contributed by atoms with Crippen molar-refractivity contribution in [3.8, 4) is 5.75 Å². The Labute approximate surface area is 136 Å². The average Bonchev–Trinajstić information content (AvgIpc) is 2.91. The SMILES string of the molecule is O=S(c1cncc(Cl)c1)c1ccc2c(c1)OC1CNCCC21. The normalized spacial score (nSPS) is 24.2. The lowest BCUT2D eigenvalue weighted by atomic mass is 9.90. The second kappa shape index (κ2) is 5.65. The van der Waals surface area contributed by atoms with Crippen molar-refractivity contribution >= 4 is 22.4 Å². The van der Waals surface area contributed by atoms with E-state index in [4.69, 9.17) is 16.3 Å². The third-order valence-corrected chi connectivity index (χ3v) is 5.74. The molecule has 2 aliphatic rings. The number of pyridine rings is 1. The quantitative estimate of drug-likeness (QED) is 0.917. The number of nitrogens with one attached hydrogen (secondary N) is 1. The van der Waals surface area contributed by atoms with Gasteiger partial charge in [0.05, 0.1) is 20.7 Å². The van der Waals surface area contributed by atoms with Gasteiger partial charge in [0, 0.05) is 35.3 Å². The Morgan fingerprint density at radius 3 is 3.05 bits per heavy atom. The topological polar surface area (TPSA) is 51.2 Å². The Morgan fingerprint density at radius 2 is 2.18 bits per heavy atom. The maximum absolute atomic E-state index is 12.7. The lowest BCUT2D eigenvalue weighted by Gasteiger charge is -2.24. The number of rotatable bonds is 2. The summed E-state index contributed by atoms with van der Waals surface area (Å²) >= 11 is 5.92. The molecule has 2 aliphatic heterocycles. The van der Waals surface area contributed by atoms with Gasteiger partial charge in [-0.15, -0.1) is 0 Å². The van der Waals surface area contributed by atoms with Gasteiger partial charge in [-0.2, -0.15) is 0 Å². The van der Waals surface area contributed by atoms with Crippen LogP contribution in [0, 0.1) is 0 Å². The average molecular weight is 335 g/mol. The minimum Gasteiger partial charge on any atom is -0.488 e. The molecule has 1 aromatic carbocycles. The summed E-state index contributed by atoms with van der Waals surface area (Å²) in [6.07, 6.45) is 4.39. The molecule has 0 aliphatic carbocycles. The molecule has 3 heterocycles. The minimum absolute atomic E-state index is 0.195. The molecule has 1 N–H and O–H groups in total. The van der Waals surface area contributed by atoms with Crippen molar-refractivity contribution < 1.29 is 8.95 Å². The van der Waals surface area contributed by atoms with E-state index in [1.165, 1.54) is 11.8 Å². The molecular formula is C16H15ClN2O2S. The molecule has 0 saturated carbocycles. The number of benzene rings is 1. The Bertz CT molecular complexity index is 753. The van der Waals surface area contributed by atoms with Gasteiger partial charge in [-0.3, -0.25) is 4.98 Å². The van der Waals surface area contributed by atoms with E-state index < -0.39 is 10.8 Å². The highest BCUT2D eigenvalue weighted by atomic mass is 35.5. The first kappa shape index (κ1) is 14.2. The molecule has 1 saturated heterocycles. The number of fused-ring (bicyclic) bond motifs is 3. The Balaban J connectivity index is 1.66. The summed E-state index contributed by atoms with van der Waals surface area (Å²) in [6, 6.07) is 7.55. The molecule has 0 spiro atoms. The van der Waals surface area contributed by atoms with E-state index in [1.807, 2.05) is 12.1 Å². The van der Waals surface area contributed by atoms with Crippen LogP contribution in [-0.2, 0) is 10.8 Å². The molecule has 0 radical (unpaired) electrons. The van der Waals surface area contributed by atoms with Crippen molar-refractivity contribution in [2.45, 2.75) is 28.2 Å². The standard InChI is InChI=1S/C16H15ClN2O2S/c17-10-5-12(8-19-7-10)22(20)11-1-2-13-14-3-4-18-9-16(14)21-15(13)6-11/h1-2,5-8,14,16,18H,3-4,9H2. The smallest absolute Gasteiger partial charge is 0.124 e. The van der Waals surface area contributed by atoms with Gasteiger partial charge in [0.25, 0.3) is 0 Å². The molecule has 114 valence electrons. The summed E-state index contributed by atoms with van der Waals surface area (Å²) < 4.78 is 18.7. The van der Waals surface area contributed by atoms with Crippen molar-refractivity contribution in [1.82, 2.24) is 10.3 Å². The lowest BCUT2D eigenvalue weighted by molar-refractivity contribution is 0.176.